The summed E-state index contributed by atoms with van der Waals surface area (Å²) < 4.78 is 0. The fourth-order valence-electron chi connectivity index (χ4n) is 2.32. The van der Waals surface area contributed by atoms with Crippen LogP contribution < -0.4 is 5.32 Å². The molecule has 1 aromatic carbocycles. The highest BCUT2D eigenvalue weighted by Crippen LogP contribution is 2.31. The van der Waals surface area contributed by atoms with Gasteiger partial charge < -0.3 is 5.32 Å². The Morgan fingerprint density at radius 3 is 2.79 bits per heavy atom. The molecule has 1 saturated heterocycles. The van der Waals surface area contributed by atoms with Crippen molar-refractivity contribution in [2.24, 2.45) is 0 Å². The van der Waals surface area contributed by atoms with Crippen LogP contribution in [0.25, 0.3) is 11.3 Å². The predicted octanol–water partition coefficient (Wildman–Crippen LogP) is 4.35. The number of halogens is 2. The SMILES string of the molecule is Cl.Clc1cccc(-c2csc(C3CCNCC3)n2)c1. The first kappa shape index (κ1) is 14.8. The fourth-order valence-corrected chi connectivity index (χ4v) is 3.52. The lowest BCUT2D eigenvalue weighted by Gasteiger charge is -2.20. The molecule has 1 aliphatic rings. The summed E-state index contributed by atoms with van der Waals surface area (Å²) >= 11 is 7.79. The lowest BCUT2D eigenvalue weighted by Crippen LogP contribution is -2.26. The van der Waals surface area contributed by atoms with Crippen molar-refractivity contribution in [3.63, 3.8) is 0 Å². The molecule has 19 heavy (non-hydrogen) atoms. The summed E-state index contributed by atoms with van der Waals surface area (Å²) in [5.41, 5.74) is 2.16. The summed E-state index contributed by atoms with van der Waals surface area (Å²) in [6.45, 7) is 2.22. The van der Waals surface area contributed by atoms with Crippen LogP contribution in [0.2, 0.25) is 5.02 Å². The van der Waals surface area contributed by atoms with Gasteiger partial charge >= 0.3 is 0 Å². The average molecular weight is 315 g/mol. The summed E-state index contributed by atoms with van der Waals surface area (Å²) in [6, 6.07) is 7.91. The molecular formula is C14H16Cl2N2S. The number of benzene rings is 1. The van der Waals surface area contributed by atoms with Crippen LogP contribution in [0.4, 0.5) is 0 Å². The van der Waals surface area contributed by atoms with E-state index in [0.717, 1.165) is 29.4 Å². The van der Waals surface area contributed by atoms with E-state index >= 15 is 0 Å². The third-order valence-corrected chi connectivity index (χ3v) is 4.57. The minimum Gasteiger partial charge on any atom is -0.317 e. The Morgan fingerprint density at radius 1 is 1.26 bits per heavy atom. The van der Waals surface area contributed by atoms with Gasteiger partial charge in [-0.25, -0.2) is 4.98 Å². The van der Waals surface area contributed by atoms with Crippen LogP contribution >= 0.6 is 35.3 Å². The Hall–Kier alpha value is -0.610. The van der Waals surface area contributed by atoms with Gasteiger partial charge in [0.25, 0.3) is 0 Å². The minimum absolute atomic E-state index is 0. The van der Waals surface area contributed by atoms with Crippen LogP contribution in [-0.4, -0.2) is 18.1 Å². The zero-order chi connectivity index (χ0) is 12.4. The van der Waals surface area contributed by atoms with Crippen molar-refractivity contribution in [3.05, 3.63) is 39.7 Å². The molecule has 1 fully saturated rings. The third-order valence-electron chi connectivity index (χ3n) is 3.33. The van der Waals surface area contributed by atoms with E-state index in [0.29, 0.717) is 5.92 Å². The number of aromatic nitrogens is 1. The van der Waals surface area contributed by atoms with E-state index in [4.69, 9.17) is 16.6 Å². The number of thiazole rings is 1. The second-order valence-electron chi connectivity index (χ2n) is 4.61. The van der Waals surface area contributed by atoms with E-state index in [-0.39, 0.29) is 12.4 Å². The number of rotatable bonds is 2. The zero-order valence-electron chi connectivity index (χ0n) is 10.4. The molecule has 1 aliphatic heterocycles. The van der Waals surface area contributed by atoms with Gasteiger partial charge in [0, 0.05) is 21.9 Å². The van der Waals surface area contributed by atoms with Gasteiger partial charge in [-0.1, -0.05) is 23.7 Å². The first-order chi connectivity index (χ1) is 8.83. The summed E-state index contributed by atoms with van der Waals surface area (Å²) in [6.07, 6.45) is 2.39. The molecule has 5 heteroatoms. The monoisotopic (exact) mass is 314 g/mol. The smallest absolute Gasteiger partial charge is 0.0964 e. The molecule has 2 aromatic rings. The molecule has 2 nitrogen and oxygen atoms in total. The summed E-state index contributed by atoms with van der Waals surface area (Å²) in [5, 5.41) is 7.57. The molecule has 3 rings (SSSR count). The first-order valence-corrected chi connectivity index (χ1v) is 7.51. The molecule has 0 unspecified atom stereocenters. The van der Waals surface area contributed by atoms with E-state index < -0.39 is 0 Å². The first-order valence-electron chi connectivity index (χ1n) is 6.25. The number of hydrogen-bond donors (Lipinski definition) is 1. The van der Waals surface area contributed by atoms with Crippen molar-refractivity contribution >= 4 is 35.3 Å². The molecular weight excluding hydrogens is 299 g/mol. The molecule has 1 N–H and O–H groups in total. The number of hydrogen-bond acceptors (Lipinski definition) is 3. The van der Waals surface area contributed by atoms with E-state index in [9.17, 15) is 0 Å². The van der Waals surface area contributed by atoms with Gasteiger partial charge in [-0.2, -0.15) is 0 Å². The zero-order valence-corrected chi connectivity index (χ0v) is 12.8. The lowest BCUT2D eigenvalue weighted by atomic mass is 9.99. The fraction of sp³-hybridized carbons (Fsp3) is 0.357. The molecule has 0 aliphatic carbocycles. The van der Waals surface area contributed by atoms with Gasteiger partial charge in [0.15, 0.2) is 0 Å². The van der Waals surface area contributed by atoms with Gasteiger partial charge in [0.05, 0.1) is 10.7 Å². The van der Waals surface area contributed by atoms with Gasteiger partial charge in [-0.3, -0.25) is 0 Å². The third kappa shape index (κ3) is 3.48. The highest BCUT2D eigenvalue weighted by Gasteiger charge is 2.18. The van der Waals surface area contributed by atoms with E-state index in [1.165, 1.54) is 17.8 Å². The van der Waals surface area contributed by atoms with Crippen LogP contribution in [-0.2, 0) is 0 Å². The maximum absolute atomic E-state index is 6.02. The highest BCUT2D eigenvalue weighted by molar-refractivity contribution is 7.10. The van der Waals surface area contributed by atoms with Crippen molar-refractivity contribution in [2.75, 3.05) is 13.1 Å². The number of nitrogens with zero attached hydrogens (tertiary/aromatic N) is 1. The quantitative estimate of drug-likeness (QED) is 0.891. The Morgan fingerprint density at radius 2 is 2.05 bits per heavy atom. The van der Waals surface area contributed by atoms with E-state index in [1.807, 2.05) is 18.2 Å². The van der Waals surface area contributed by atoms with Gasteiger partial charge in [-0.15, -0.1) is 23.7 Å². The normalized spacial score (nSPS) is 16.1. The van der Waals surface area contributed by atoms with Crippen LogP contribution in [0.1, 0.15) is 23.8 Å². The molecule has 0 bridgehead atoms. The topological polar surface area (TPSA) is 24.9 Å². The molecule has 0 radical (unpaired) electrons. The second kappa shape index (κ2) is 6.71. The largest absolute Gasteiger partial charge is 0.317 e. The van der Waals surface area contributed by atoms with Crippen LogP contribution in [0.3, 0.4) is 0 Å². The van der Waals surface area contributed by atoms with Gasteiger partial charge in [-0.05, 0) is 38.1 Å². The standard InChI is InChI=1S/C14H15ClN2S.ClH/c15-12-3-1-2-11(8-12)13-9-18-14(17-13)10-4-6-16-7-5-10;/h1-3,8-10,16H,4-7H2;1H. The van der Waals surface area contributed by atoms with Crippen LogP contribution in [0.5, 0.6) is 0 Å². The highest BCUT2D eigenvalue weighted by atomic mass is 35.5. The Kier molecular flexibility index (Phi) is 5.22. The van der Waals surface area contributed by atoms with Gasteiger partial charge in [0.2, 0.25) is 0 Å². The lowest BCUT2D eigenvalue weighted by molar-refractivity contribution is 0.459. The van der Waals surface area contributed by atoms with Crippen LogP contribution in [0.15, 0.2) is 29.6 Å². The molecule has 2 heterocycles. The molecule has 0 atom stereocenters. The Balaban J connectivity index is 0.00000133. The minimum atomic E-state index is 0. The van der Waals surface area contributed by atoms with Crippen molar-refractivity contribution < 1.29 is 0 Å². The molecule has 102 valence electrons. The van der Waals surface area contributed by atoms with Crippen LogP contribution in [0, 0.1) is 0 Å². The molecule has 0 spiro atoms. The Labute approximate surface area is 128 Å². The van der Waals surface area contributed by atoms with Crippen molar-refractivity contribution in [1.82, 2.24) is 10.3 Å². The van der Waals surface area contributed by atoms with Crippen molar-refractivity contribution in [3.8, 4) is 11.3 Å². The Bertz CT molecular complexity index is 536. The number of nitrogens with one attached hydrogen (secondary N) is 1. The molecule has 0 amide bonds. The average Bonchev–Trinajstić information content (AvgIpc) is 2.89. The van der Waals surface area contributed by atoms with Gasteiger partial charge in [0.1, 0.15) is 0 Å². The number of piperidine rings is 1. The molecule has 1 aromatic heterocycles. The second-order valence-corrected chi connectivity index (χ2v) is 5.93. The summed E-state index contributed by atoms with van der Waals surface area (Å²) in [7, 11) is 0. The molecule has 0 saturated carbocycles. The van der Waals surface area contributed by atoms with E-state index in [2.05, 4.69) is 16.8 Å². The van der Waals surface area contributed by atoms with Crippen molar-refractivity contribution in [1.29, 1.82) is 0 Å². The van der Waals surface area contributed by atoms with Crippen molar-refractivity contribution in [2.45, 2.75) is 18.8 Å². The maximum atomic E-state index is 6.02. The van der Waals surface area contributed by atoms with E-state index in [1.54, 1.807) is 11.3 Å². The predicted molar refractivity (Wildman–Crippen MR) is 84.7 cm³/mol. The maximum Gasteiger partial charge on any atom is 0.0964 e. The summed E-state index contributed by atoms with van der Waals surface area (Å²) in [5.74, 6) is 0.629. The summed E-state index contributed by atoms with van der Waals surface area (Å²) in [4.78, 5) is 4.78.